The predicted octanol–water partition coefficient (Wildman–Crippen LogP) is 2.19. The Kier molecular flexibility index (Phi) is 6.54. The second kappa shape index (κ2) is 9.27. The van der Waals surface area contributed by atoms with Crippen LogP contribution in [0.1, 0.15) is 17.1 Å². The molecule has 9 nitrogen and oxygen atoms in total. The van der Waals surface area contributed by atoms with E-state index in [4.69, 9.17) is 27.0 Å². The number of anilines is 1. The third kappa shape index (κ3) is 5.37. The van der Waals surface area contributed by atoms with E-state index in [1.165, 1.54) is 28.8 Å². The maximum Gasteiger partial charge on any atom is 0.312 e. The van der Waals surface area contributed by atoms with Crippen molar-refractivity contribution in [1.82, 2.24) is 20.1 Å². The first kappa shape index (κ1) is 20.4. The van der Waals surface area contributed by atoms with E-state index >= 15 is 0 Å². The van der Waals surface area contributed by atoms with E-state index in [0.717, 1.165) is 4.90 Å². The number of carbonyl (C=O) groups excluding carboxylic acids is 1. The number of thioether (sulfide) groups is 1. The van der Waals surface area contributed by atoms with Crippen molar-refractivity contribution in [1.29, 1.82) is 5.26 Å². The Morgan fingerprint density at radius 1 is 1.28 bits per heavy atom. The lowest BCUT2D eigenvalue weighted by molar-refractivity contribution is -0.129. The number of H-pyrrole nitrogens is 1. The fourth-order valence-corrected chi connectivity index (χ4v) is 3.56. The van der Waals surface area contributed by atoms with Crippen molar-refractivity contribution in [3.8, 4) is 6.07 Å². The van der Waals surface area contributed by atoms with Crippen molar-refractivity contribution in [3.05, 3.63) is 68.9 Å². The summed E-state index contributed by atoms with van der Waals surface area (Å²) in [5.74, 6) is -0.0410. The monoisotopic (exact) mass is 430 g/mol. The highest BCUT2D eigenvalue weighted by Crippen LogP contribution is 2.27. The number of hydrogen-bond donors (Lipinski definition) is 2. The van der Waals surface area contributed by atoms with Crippen molar-refractivity contribution in [2.75, 3.05) is 11.5 Å². The van der Waals surface area contributed by atoms with Gasteiger partial charge >= 0.3 is 6.01 Å². The maximum atomic E-state index is 12.9. The molecule has 148 valence electrons. The molecule has 0 aliphatic heterocycles. The largest absolute Gasteiger partial charge is 0.406 e. The summed E-state index contributed by atoms with van der Waals surface area (Å²) in [6.07, 6.45) is 0. The van der Waals surface area contributed by atoms with Crippen LogP contribution < -0.4 is 11.3 Å². The van der Waals surface area contributed by atoms with E-state index in [0.29, 0.717) is 10.6 Å². The molecule has 29 heavy (non-hydrogen) atoms. The van der Waals surface area contributed by atoms with Gasteiger partial charge in [0, 0.05) is 10.5 Å². The molecule has 0 aliphatic rings. The lowest BCUT2D eigenvalue weighted by Crippen LogP contribution is -2.34. The molecule has 0 saturated heterocycles. The second-order valence-corrected chi connectivity index (χ2v) is 7.27. The third-order valence-corrected chi connectivity index (χ3v) is 5.32. The number of aromatic amines is 1. The molecule has 0 bridgehead atoms. The SMILES string of the molecule is N#Cc1ccc(CN(Cc2nnc(N)o2)C(=O)CSc2ccccc2Cl)c(=O)[nH]1. The quantitative estimate of drug-likeness (QED) is 0.543. The fourth-order valence-electron chi connectivity index (χ4n) is 2.42. The molecule has 0 radical (unpaired) electrons. The Bertz CT molecular complexity index is 1120. The molecule has 0 unspecified atom stereocenters. The van der Waals surface area contributed by atoms with Crippen molar-refractivity contribution < 1.29 is 9.21 Å². The van der Waals surface area contributed by atoms with Crippen LogP contribution in [0.4, 0.5) is 6.01 Å². The van der Waals surface area contributed by atoms with Gasteiger partial charge in [-0.25, -0.2) is 0 Å². The third-order valence-electron chi connectivity index (χ3n) is 3.82. The molecule has 2 aromatic heterocycles. The summed E-state index contributed by atoms with van der Waals surface area (Å²) in [7, 11) is 0. The molecule has 0 spiro atoms. The summed E-state index contributed by atoms with van der Waals surface area (Å²) >= 11 is 7.41. The van der Waals surface area contributed by atoms with Crippen LogP contribution in [0.2, 0.25) is 5.02 Å². The van der Waals surface area contributed by atoms with Crippen LogP contribution in [0.25, 0.3) is 0 Å². The van der Waals surface area contributed by atoms with Crippen LogP contribution in [0, 0.1) is 11.3 Å². The molecule has 1 amide bonds. The number of nitriles is 1. The first-order valence-electron chi connectivity index (χ1n) is 8.31. The molecule has 3 N–H and O–H groups in total. The number of halogens is 1. The Balaban J connectivity index is 1.78. The smallest absolute Gasteiger partial charge is 0.312 e. The van der Waals surface area contributed by atoms with Gasteiger partial charge in [0.25, 0.3) is 5.56 Å². The molecular weight excluding hydrogens is 416 g/mol. The number of rotatable bonds is 7. The molecular formula is C18H15ClN6O3S. The van der Waals surface area contributed by atoms with Gasteiger partial charge in [-0.3, -0.25) is 9.59 Å². The van der Waals surface area contributed by atoms with E-state index in [1.54, 1.807) is 12.1 Å². The summed E-state index contributed by atoms with van der Waals surface area (Å²) in [4.78, 5) is 29.7. The summed E-state index contributed by atoms with van der Waals surface area (Å²) < 4.78 is 5.16. The average Bonchev–Trinajstić information content (AvgIpc) is 3.12. The molecule has 0 fully saturated rings. The van der Waals surface area contributed by atoms with Gasteiger partial charge < -0.3 is 20.0 Å². The number of nitrogens with two attached hydrogens (primary N) is 1. The number of nitrogens with zero attached hydrogens (tertiary/aromatic N) is 4. The highest BCUT2D eigenvalue weighted by molar-refractivity contribution is 8.00. The van der Waals surface area contributed by atoms with Crippen molar-refractivity contribution in [2.45, 2.75) is 18.0 Å². The Morgan fingerprint density at radius 3 is 2.72 bits per heavy atom. The Hall–Kier alpha value is -3.29. The second-order valence-electron chi connectivity index (χ2n) is 5.84. The molecule has 3 rings (SSSR count). The first-order chi connectivity index (χ1) is 14.0. The van der Waals surface area contributed by atoms with Crippen LogP contribution in [-0.2, 0) is 17.9 Å². The number of benzene rings is 1. The Labute approximate surface area is 174 Å². The number of nitrogen functional groups attached to an aromatic ring is 1. The predicted molar refractivity (Wildman–Crippen MR) is 107 cm³/mol. The van der Waals surface area contributed by atoms with E-state index in [-0.39, 0.29) is 42.3 Å². The lowest BCUT2D eigenvalue weighted by Gasteiger charge is -2.21. The number of hydrogen-bond acceptors (Lipinski definition) is 8. The number of pyridine rings is 1. The van der Waals surface area contributed by atoms with Crippen LogP contribution >= 0.6 is 23.4 Å². The van der Waals surface area contributed by atoms with E-state index in [1.807, 2.05) is 18.2 Å². The van der Waals surface area contributed by atoms with E-state index in [9.17, 15) is 9.59 Å². The molecule has 0 saturated carbocycles. The molecule has 1 aromatic carbocycles. The van der Waals surface area contributed by atoms with Gasteiger partial charge in [0.1, 0.15) is 11.8 Å². The van der Waals surface area contributed by atoms with Crippen molar-refractivity contribution >= 4 is 35.3 Å². The van der Waals surface area contributed by atoms with Crippen LogP contribution in [0.5, 0.6) is 0 Å². The molecule has 3 aromatic rings. The standard InChI is InChI=1S/C18H15ClN6O3S/c19-13-3-1-2-4-14(13)29-10-16(26)25(9-15-23-24-18(21)28-15)8-11-5-6-12(7-20)22-17(11)27/h1-6H,8-10H2,(H2,21,24)(H,22,27). The highest BCUT2D eigenvalue weighted by atomic mass is 35.5. The van der Waals surface area contributed by atoms with Gasteiger partial charge in [0.2, 0.25) is 11.8 Å². The van der Waals surface area contributed by atoms with Gasteiger partial charge in [0.15, 0.2) is 0 Å². The van der Waals surface area contributed by atoms with Crippen LogP contribution in [0.15, 0.2) is 50.5 Å². The average molecular weight is 431 g/mol. The number of amides is 1. The number of carbonyl (C=O) groups is 1. The van der Waals surface area contributed by atoms with Gasteiger partial charge in [0.05, 0.1) is 23.9 Å². The minimum Gasteiger partial charge on any atom is -0.406 e. The van der Waals surface area contributed by atoms with Gasteiger partial charge in [-0.2, -0.15) is 5.26 Å². The zero-order chi connectivity index (χ0) is 20.8. The summed E-state index contributed by atoms with van der Waals surface area (Å²) in [5.41, 5.74) is 5.44. The molecule has 2 heterocycles. The minimum atomic E-state index is -0.453. The maximum absolute atomic E-state index is 12.9. The van der Waals surface area contributed by atoms with Gasteiger partial charge in [-0.15, -0.1) is 16.9 Å². The number of aromatic nitrogens is 3. The van der Waals surface area contributed by atoms with Gasteiger partial charge in [-0.1, -0.05) is 28.8 Å². The summed E-state index contributed by atoms with van der Waals surface area (Å²) in [6.45, 7) is -0.0310. The topological polar surface area (TPSA) is 142 Å². The normalized spacial score (nSPS) is 10.5. The molecule has 0 atom stereocenters. The van der Waals surface area contributed by atoms with E-state index < -0.39 is 5.56 Å². The molecule has 11 heteroatoms. The van der Waals surface area contributed by atoms with Gasteiger partial charge in [-0.05, 0) is 24.3 Å². The summed E-state index contributed by atoms with van der Waals surface area (Å²) in [6, 6.07) is 11.9. The van der Waals surface area contributed by atoms with Crippen molar-refractivity contribution in [2.24, 2.45) is 0 Å². The first-order valence-corrected chi connectivity index (χ1v) is 9.68. The van der Waals surface area contributed by atoms with Crippen LogP contribution in [-0.4, -0.2) is 31.7 Å². The minimum absolute atomic E-state index is 0.00869. The van der Waals surface area contributed by atoms with Crippen LogP contribution in [0.3, 0.4) is 0 Å². The molecule has 0 aliphatic carbocycles. The number of nitrogens with one attached hydrogen (secondary N) is 1. The van der Waals surface area contributed by atoms with Crippen molar-refractivity contribution in [3.63, 3.8) is 0 Å². The fraction of sp³-hybridized carbons (Fsp3) is 0.167. The zero-order valence-electron chi connectivity index (χ0n) is 15.0. The lowest BCUT2D eigenvalue weighted by atomic mass is 10.2. The zero-order valence-corrected chi connectivity index (χ0v) is 16.5. The van der Waals surface area contributed by atoms with E-state index in [2.05, 4.69) is 15.2 Å². The Morgan fingerprint density at radius 2 is 2.07 bits per heavy atom. The summed E-state index contributed by atoms with van der Waals surface area (Å²) in [5, 5.41) is 16.8. The highest BCUT2D eigenvalue weighted by Gasteiger charge is 2.20.